The average Bonchev–Trinajstić information content (AvgIpc) is 2.14. The maximum atomic E-state index is 8.08. The molecule has 0 aliphatic rings. The van der Waals surface area contributed by atoms with E-state index in [1.54, 1.807) is 0 Å². The van der Waals surface area contributed by atoms with Gasteiger partial charge in [-0.1, -0.05) is 19.0 Å². The van der Waals surface area contributed by atoms with Crippen molar-refractivity contribution in [3.05, 3.63) is 10.4 Å². The summed E-state index contributed by atoms with van der Waals surface area (Å²) in [6.45, 7) is 6.04. The third-order valence-electron chi connectivity index (χ3n) is 2.40. The molecule has 0 atom stereocenters. The molecule has 0 radical (unpaired) electrons. The number of hydrogen-bond acceptors (Lipinski definition) is 2. The fraction of sp³-hybridized carbons (Fsp3) is 1.00. The van der Waals surface area contributed by atoms with Crippen LogP contribution in [-0.4, -0.2) is 31.1 Å². The van der Waals surface area contributed by atoms with Gasteiger partial charge in [0.2, 0.25) is 0 Å². The van der Waals surface area contributed by atoms with Crippen LogP contribution >= 0.6 is 0 Å². The highest BCUT2D eigenvalue weighted by Gasteiger charge is 2.08. The Hall–Kier alpha value is -0.730. The molecule has 0 fully saturated rings. The molecule has 76 valence electrons. The monoisotopic (exact) mass is 184 g/mol. The van der Waals surface area contributed by atoms with Crippen LogP contribution in [0.1, 0.15) is 33.1 Å². The molecule has 0 saturated carbocycles. The van der Waals surface area contributed by atoms with E-state index >= 15 is 0 Å². The van der Waals surface area contributed by atoms with Crippen molar-refractivity contribution in [2.75, 3.05) is 20.1 Å². The highest BCUT2D eigenvalue weighted by Crippen LogP contribution is 2.06. The second kappa shape index (κ2) is 7.90. The molecular weight excluding hydrogens is 164 g/mol. The molecule has 0 aliphatic carbocycles. The van der Waals surface area contributed by atoms with Gasteiger partial charge in [0.25, 0.3) is 0 Å². The van der Waals surface area contributed by atoms with E-state index in [-0.39, 0.29) is 0 Å². The van der Waals surface area contributed by atoms with E-state index < -0.39 is 0 Å². The topological polar surface area (TPSA) is 52.0 Å². The van der Waals surface area contributed by atoms with Crippen molar-refractivity contribution in [1.82, 2.24) is 4.90 Å². The number of rotatable bonds is 7. The number of azide groups is 1. The third-order valence-corrected chi connectivity index (χ3v) is 2.40. The molecule has 0 aromatic heterocycles. The summed E-state index contributed by atoms with van der Waals surface area (Å²) in [5, 5.41) is 3.51. The number of hydrogen-bond donors (Lipinski definition) is 0. The maximum Gasteiger partial charge on any atom is 0.0270 e. The van der Waals surface area contributed by atoms with Gasteiger partial charge in [-0.05, 0) is 38.4 Å². The van der Waals surface area contributed by atoms with Crippen molar-refractivity contribution in [3.63, 3.8) is 0 Å². The molecule has 0 spiro atoms. The maximum absolute atomic E-state index is 8.08. The Morgan fingerprint density at radius 1 is 1.38 bits per heavy atom. The summed E-state index contributed by atoms with van der Waals surface area (Å²) in [5.74, 6) is 0. The summed E-state index contributed by atoms with van der Waals surface area (Å²) < 4.78 is 0. The van der Waals surface area contributed by atoms with Gasteiger partial charge in [-0.25, -0.2) is 0 Å². The highest BCUT2D eigenvalue weighted by molar-refractivity contribution is 4.65. The third kappa shape index (κ3) is 5.50. The summed E-state index contributed by atoms with van der Waals surface area (Å²) in [7, 11) is 2.13. The molecule has 4 nitrogen and oxygen atoms in total. The molecular formula is C9H20N4. The first-order valence-corrected chi connectivity index (χ1v) is 4.97. The van der Waals surface area contributed by atoms with Gasteiger partial charge in [-0.15, -0.1) is 0 Å². The lowest BCUT2D eigenvalue weighted by atomic mass is 10.1. The van der Waals surface area contributed by atoms with Gasteiger partial charge in [-0.3, -0.25) is 0 Å². The first-order chi connectivity index (χ1) is 6.26. The van der Waals surface area contributed by atoms with Crippen LogP contribution in [0.3, 0.4) is 0 Å². The van der Waals surface area contributed by atoms with E-state index in [9.17, 15) is 0 Å². The zero-order chi connectivity index (χ0) is 10.1. The lowest BCUT2D eigenvalue weighted by molar-refractivity contribution is 0.228. The van der Waals surface area contributed by atoms with Gasteiger partial charge < -0.3 is 4.90 Å². The fourth-order valence-corrected chi connectivity index (χ4v) is 1.53. The standard InChI is InChI=1S/C9H20N4/c1-4-9(5-2)13(3)8-6-7-11-12-10/h9H,4-8H2,1-3H3. The smallest absolute Gasteiger partial charge is 0.0270 e. The molecule has 0 heterocycles. The molecule has 0 rings (SSSR count). The molecule has 0 amide bonds. The molecule has 0 aromatic rings. The van der Waals surface area contributed by atoms with Gasteiger partial charge in [0.1, 0.15) is 0 Å². The van der Waals surface area contributed by atoms with Gasteiger partial charge in [0, 0.05) is 17.5 Å². The normalized spacial score (nSPS) is 10.5. The van der Waals surface area contributed by atoms with E-state index in [0.717, 1.165) is 13.0 Å². The van der Waals surface area contributed by atoms with E-state index in [2.05, 4.69) is 35.8 Å². The van der Waals surface area contributed by atoms with E-state index in [1.165, 1.54) is 12.8 Å². The largest absolute Gasteiger partial charge is 0.303 e. The lowest BCUT2D eigenvalue weighted by Crippen LogP contribution is -2.31. The second-order valence-corrected chi connectivity index (χ2v) is 3.26. The zero-order valence-corrected chi connectivity index (χ0v) is 8.90. The van der Waals surface area contributed by atoms with Crippen LogP contribution in [0.4, 0.5) is 0 Å². The van der Waals surface area contributed by atoms with Gasteiger partial charge >= 0.3 is 0 Å². The summed E-state index contributed by atoms with van der Waals surface area (Å²) >= 11 is 0. The number of nitrogens with zero attached hydrogens (tertiary/aromatic N) is 4. The predicted molar refractivity (Wildman–Crippen MR) is 55.6 cm³/mol. The minimum atomic E-state index is 0.612. The fourth-order valence-electron chi connectivity index (χ4n) is 1.53. The van der Waals surface area contributed by atoms with Crippen molar-refractivity contribution in [2.45, 2.75) is 39.2 Å². The predicted octanol–water partition coefficient (Wildman–Crippen LogP) is 2.81. The Morgan fingerprint density at radius 2 is 2.00 bits per heavy atom. The van der Waals surface area contributed by atoms with Crippen LogP contribution in [0.2, 0.25) is 0 Å². The second-order valence-electron chi connectivity index (χ2n) is 3.26. The summed E-state index contributed by atoms with van der Waals surface area (Å²) in [4.78, 5) is 5.06. The molecule has 0 saturated heterocycles. The molecule has 13 heavy (non-hydrogen) atoms. The Kier molecular flexibility index (Phi) is 7.45. The van der Waals surface area contributed by atoms with Crippen molar-refractivity contribution >= 4 is 0 Å². The van der Waals surface area contributed by atoms with Crippen LogP contribution in [0, 0.1) is 0 Å². The Balaban J connectivity index is 3.58. The van der Waals surface area contributed by atoms with E-state index in [0.29, 0.717) is 12.6 Å². The van der Waals surface area contributed by atoms with Gasteiger partial charge in [0.05, 0.1) is 0 Å². The summed E-state index contributed by atoms with van der Waals surface area (Å²) in [5.41, 5.74) is 8.08. The Labute approximate surface area is 80.6 Å². The molecule has 0 bridgehead atoms. The zero-order valence-electron chi connectivity index (χ0n) is 8.90. The van der Waals surface area contributed by atoms with Crippen molar-refractivity contribution in [2.24, 2.45) is 5.11 Å². The molecule has 0 aromatic carbocycles. The Morgan fingerprint density at radius 3 is 2.46 bits per heavy atom. The van der Waals surface area contributed by atoms with Crippen molar-refractivity contribution in [1.29, 1.82) is 0 Å². The average molecular weight is 184 g/mol. The van der Waals surface area contributed by atoms with E-state index in [1.807, 2.05) is 0 Å². The van der Waals surface area contributed by atoms with Gasteiger partial charge in [0.15, 0.2) is 0 Å². The van der Waals surface area contributed by atoms with Crippen LogP contribution in [0.5, 0.6) is 0 Å². The first kappa shape index (κ1) is 12.3. The Bertz CT molecular complexity index is 159. The molecule has 0 aliphatic heterocycles. The molecule has 0 unspecified atom stereocenters. The lowest BCUT2D eigenvalue weighted by Gasteiger charge is -2.25. The van der Waals surface area contributed by atoms with Crippen LogP contribution in [0.15, 0.2) is 5.11 Å². The van der Waals surface area contributed by atoms with Crippen LogP contribution in [-0.2, 0) is 0 Å². The summed E-state index contributed by atoms with van der Waals surface area (Å²) in [6.07, 6.45) is 3.33. The quantitative estimate of drug-likeness (QED) is 0.260. The molecule has 0 N–H and O–H groups in total. The minimum absolute atomic E-state index is 0.612. The minimum Gasteiger partial charge on any atom is -0.303 e. The van der Waals surface area contributed by atoms with Crippen LogP contribution < -0.4 is 0 Å². The molecule has 4 heteroatoms. The first-order valence-electron chi connectivity index (χ1n) is 4.97. The summed E-state index contributed by atoms with van der Waals surface area (Å²) in [6, 6.07) is 0.672. The van der Waals surface area contributed by atoms with E-state index in [4.69, 9.17) is 5.53 Å². The SMILES string of the molecule is CCC(CC)N(C)CCCN=[N+]=[N-]. The van der Waals surface area contributed by atoms with Crippen LogP contribution in [0.25, 0.3) is 10.4 Å². The highest BCUT2D eigenvalue weighted by atomic mass is 15.1. The van der Waals surface area contributed by atoms with Crippen molar-refractivity contribution in [3.8, 4) is 0 Å². The van der Waals surface area contributed by atoms with Crippen molar-refractivity contribution < 1.29 is 0 Å². The van der Waals surface area contributed by atoms with Gasteiger partial charge in [-0.2, -0.15) is 0 Å².